The standard InChI is InChI=1S/C9H8N2O2/c10-8(6-12)11-9(13)7-4-2-1-3-5-7/h1-6H,(H2,10,11,13). The Morgan fingerprint density at radius 1 is 1.31 bits per heavy atom. The fourth-order valence-electron chi connectivity index (χ4n) is 0.789. The molecular formula is C9H8N2O2. The van der Waals surface area contributed by atoms with Gasteiger partial charge in [-0.3, -0.25) is 9.59 Å². The van der Waals surface area contributed by atoms with Crippen molar-refractivity contribution < 1.29 is 9.59 Å². The number of amidine groups is 1. The van der Waals surface area contributed by atoms with E-state index in [0.717, 1.165) is 0 Å². The summed E-state index contributed by atoms with van der Waals surface area (Å²) in [7, 11) is 0. The van der Waals surface area contributed by atoms with Crippen LogP contribution >= 0.6 is 0 Å². The highest BCUT2D eigenvalue weighted by Crippen LogP contribution is 1.99. The lowest BCUT2D eigenvalue weighted by Gasteiger charge is -1.93. The second kappa shape index (κ2) is 4.15. The number of aliphatic imine (C=N–C) groups is 1. The van der Waals surface area contributed by atoms with Crippen LogP contribution in [-0.2, 0) is 4.79 Å². The average molecular weight is 176 g/mol. The molecule has 0 aromatic heterocycles. The number of carbonyl (C=O) groups is 2. The van der Waals surface area contributed by atoms with Crippen LogP contribution in [-0.4, -0.2) is 18.0 Å². The van der Waals surface area contributed by atoms with Crippen molar-refractivity contribution in [3.8, 4) is 0 Å². The van der Waals surface area contributed by atoms with Gasteiger partial charge in [0.15, 0.2) is 12.1 Å². The Labute approximate surface area is 75.1 Å². The minimum atomic E-state index is -0.509. The number of aldehydes is 1. The molecule has 0 aliphatic heterocycles. The van der Waals surface area contributed by atoms with Crippen LogP contribution in [0.25, 0.3) is 0 Å². The van der Waals surface area contributed by atoms with E-state index in [4.69, 9.17) is 5.73 Å². The molecule has 2 N–H and O–H groups in total. The fraction of sp³-hybridized carbons (Fsp3) is 0. The maximum Gasteiger partial charge on any atom is 0.279 e. The van der Waals surface area contributed by atoms with Crippen LogP contribution in [0.5, 0.6) is 0 Å². The van der Waals surface area contributed by atoms with Crippen molar-refractivity contribution in [2.75, 3.05) is 0 Å². The van der Waals surface area contributed by atoms with Gasteiger partial charge in [-0.05, 0) is 12.1 Å². The minimum absolute atomic E-state index is 0.311. The van der Waals surface area contributed by atoms with E-state index in [0.29, 0.717) is 11.8 Å². The Morgan fingerprint density at radius 3 is 2.46 bits per heavy atom. The van der Waals surface area contributed by atoms with Crippen molar-refractivity contribution >= 4 is 18.0 Å². The number of amides is 1. The zero-order valence-electron chi connectivity index (χ0n) is 6.81. The summed E-state index contributed by atoms with van der Waals surface area (Å²) in [5.74, 6) is -0.820. The number of carbonyl (C=O) groups excluding carboxylic acids is 2. The van der Waals surface area contributed by atoms with Gasteiger partial charge in [0.05, 0.1) is 0 Å². The third-order valence-corrected chi connectivity index (χ3v) is 1.37. The van der Waals surface area contributed by atoms with Gasteiger partial charge in [0.25, 0.3) is 5.91 Å². The molecule has 1 amide bonds. The third kappa shape index (κ3) is 2.52. The topological polar surface area (TPSA) is 72.5 Å². The van der Waals surface area contributed by atoms with Gasteiger partial charge in [-0.15, -0.1) is 0 Å². The maximum atomic E-state index is 11.2. The van der Waals surface area contributed by atoms with Crippen LogP contribution in [0.3, 0.4) is 0 Å². The molecule has 1 rings (SSSR count). The first-order valence-corrected chi connectivity index (χ1v) is 3.63. The molecule has 0 aliphatic rings. The highest BCUT2D eigenvalue weighted by molar-refractivity contribution is 6.29. The fourth-order valence-corrected chi connectivity index (χ4v) is 0.789. The SMILES string of the molecule is NC(C=O)=NC(=O)c1ccccc1. The number of nitrogens with two attached hydrogens (primary N) is 1. The van der Waals surface area contributed by atoms with Crippen LogP contribution in [0, 0.1) is 0 Å². The Hall–Kier alpha value is -1.97. The molecule has 1 aromatic rings. The second-order valence-electron chi connectivity index (χ2n) is 2.33. The van der Waals surface area contributed by atoms with Gasteiger partial charge in [-0.25, -0.2) is 0 Å². The highest BCUT2D eigenvalue weighted by Gasteiger charge is 2.02. The van der Waals surface area contributed by atoms with E-state index in [1.54, 1.807) is 30.3 Å². The molecule has 4 heteroatoms. The minimum Gasteiger partial charge on any atom is -0.381 e. The number of benzene rings is 1. The van der Waals surface area contributed by atoms with Crippen molar-refractivity contribution in [2.24, 2.45) is 10.7 Å². The van der Waals surface area contributed by atoms with Gasteiger partial charge in [0, 0.05) is 5.56 Å². The Morgan fingerprint density at radius 2 is 1.92 bits per heavy atom. The molecular weight excluding hydrogens is 168 g/mol. The van der Waals surface area contributed by atoms with E-state index in [-0.39, 0.29) is 5.84 Å². The molecule has 66 valence electrons. The Bertz CT molecular complexity index is 344. The van der Waals surface area contributed by atoms with E-state index in [9.17, 15) is 9.59 Å². The molecule has 4 nitrogen and oxygen atoms in total. The van der Waals surface area contributed by atoms with Crippen molar-refractivity contribution in [3.63, 3.8) is 0 Å². The molecule has 0 atom stereocenters. The number of hydrogen-bond acceptors (Lipinski definition) is 2. The summed E-state index contributed by atoms with van der Waals surface area (Å²) in [5, 5.41) is 0. The molecule has 0 aliphatic carbocycles. The zero-order chi connectivity index (χ0) is 9.68. The number of hydrogen-bond donors (Lipinski definition) is 1. The zero-order valence-corrected chi connectivity index (χ0v) is 6.81. The normalized spacial score (nSPS) is 10.9. The van der Waals surface area contributed by atoms with Gasteiger partial charge < -0.3 is 5.73 Å². The largest absolute Gasteiger partial charge is 0.381 e. The van der Waals surface area contributed by atoms with E-state index in [2.05, 4.69) is 4.99 Å². The first-order chi connectivity index (χ1) is 6.24. The smallest absolute Gasteiger partial charge is 0.279 e. The van der Waals surface area contributed by atoms with Crippen LogP contribution in [0.1, 0.15) is 10.4 Å². The quantitative estimate of drug-likeness (QED) is 0.402. The first kappa shape index (κ1) is 9.12. The molecule has 0 spiro atoms. The van der Waals surface area contributed by atoms with Crippen LogP contribution in [0.2, 0.25) is 0 Å². The van der Waals surface area contributed by atoms with E-state index < -0.39 is 5.91 Å². The molecule has 0 saturated carbocycles. The van der Waals surface area contributed by atoms with Crippen molar-refractivity contribution in [2.45, 2.75) is 0 Å². The molecule has 0 unspecified atom stereocenters. The first-order valence-electron chi connectivity index (χ1n) is 3.63. The molecule has 0 radical (unpaired) electrons. The lowest BCUT2D eigenvalue weighted by atomic mass is 10.2. The van der Waals surface area contributed by atoms with Gasteiger partial charge in [0.1, 0.15) is 0 Å². The summed E-state index contributed by atoms with van der Waals surface area (Å²) >= 11 is 0. The summed E-state index contributed by atoms with van der Waals surface area (Å²) in [4.78, 5) is 24.6. The third-order valence-electron chi connectivity index (χ3n) is 1.37. The summed E-state index contributed by atoms with van der Waals surface area (Å²) in [6, 6.07) is 8.40. The lowest BCUT2D eigenvalue weighted by Crippen LogP contribution is -2.15. The molecule has 0 heterocycles. The van der Waals surface area contributed by atoms with Crippen LogP contribution in [0.15, 0.2) is 35.3 Å². The second-order valence-corrected chi connectivity index (χ2v) is 2.33. The van der Waals surface area contributed by atoms with Crippen LogP contribution < -0.4 is 5.73 Å². The van der Waals surface area contributed by atoms with Gasteiger partial charge >= 0.3 is 0 Å². The predicted octanol–water partition coefficient (Wildman–Crippen LogP) is 0.383. The number of rotatable bonds is 2. The summed E-state index contributed by atoms with van der Waals surface area (Å²) in [6.45, 7) is 0. The summed E-state index contributed by atoms with van der Waals surface area (Å²) in [6.07, 6.45) is 0.334. The van der Waals surface area contributed by atoms with Crippen molar-refractivity contribution in [1.82, 2.24) is 0 Å². The monoisotopic (exact) mass is 176 g/mol. The summed E-state index contributed by atoms with van der Waals surface area (Å²) in [5.41, 5.74) is 5.48. The summed E-state index contributed by atoms with van der Waals surface area (Å²) < 4.78 is 0. The molecule has 1 aromatic carbocycles. The molecule has 0 saturated heterocycles. The highest BCUT2D eigenvalue weighted by atomic mass is 16.1. The average Bonchev–Trinajstić information content (AvgIpc) is 2.19. The van der Waals surface area contributed by atoms with Gasteiger partial charge in [-0.1, -0.05) is 18.2 Å². The lowest BCUT2D eigenvalue weighted by molar-refractivity contribution is -0.102. The number of nitrogens with zero attached hydrogens (tertiary/aromatic N) is 1. The molecule has 0 bridgehead atoms. The van der Waals surface area contributed by atoms with E-state index >= 15 is 0 Å². The van der Waals surface area contributed by atoms with Crippen LogP contribution in [0.4, 0.5) is 0 Å². The maximum absolute atomic E-state index is 11.2. The van der Waals surface area contributed by atoms with Gasteiger partial charge in [0.2, 0.25) is 0 Å². The van der Waals surface area contributed by atoms with Crippen molar-refractivity contribution in [3.05, 3.63) is 35.9 Å². The predicted molar refractivity (Wildman–Crippen MR) is 48.5 cm³/mol. The molecule has 13 heavy (non-hydrogen) atoms. The van der Waals surface area contributed by atoms with E-state index in [1.165, 1.54) is 0 Å². The van der Waals surface area contributed by atoms with E-state index in [1.807, 2.05) is 0 Å². The Balaban J connectivity index is 2.87. The molecule has 0 fully saturated rings. The Kier molecular flexibility index (Phi) is 2.92. The van der Waals surface area contributed by atoms with Crippen molar-refractivity contribution in [1.29, 1.82) is 0 Å². The van der Waals surface area contributed by atoms with Gasteiger partial charge in [-0.2, -0.15) is 4.99 Å².